The summed E-state index contributed by atoms with van der Waals surface area (Å²) in [5.41, 5.74) is 0. The van der Waals surface area contributed by atoms with Gasteiger partial charge in [0.2, 0.25) is 0 Å². The third kappa shape index (κ3) is 19.9. The van der Waals surface area contributed by atoms with Crippen molar-refractivity contribution in [3.8, 4) is 0 Å². The van der Waals surface area contributed by atoms with Crippen LogP contribution in [-0.4, -0.2) is 11.1 Å². The van der Waals surface area contributed by atoms with Crippen LogP contribution in [0.3, 0.4) is 0 Å². The van der Waals surface area contributed by atoms with Gasteiger partial charge in [0.15, 0.2) is 0 Å². The number of hydrogen-bond acceptors (Lipinski definition) is 1. The second-order valence-electron chi connectivity index (χ2n) is 5.37. The molecule has 0 aliphatic carbocycles. The Balaban J connectivity index is 3.51. The quantitative estimate of drug-likeness (QED) is 0.223. The molecule has 0 aliphatic heterocycles. The molecule has 0 aromatic carbocycles. The van der Waals surface area contributed by atoms with Gasteiger partial charge in [-0.25, -0.2) is 0 Å². The van der Waals surface area contributed by atoms with E-state index in [1.807, 2.05) is 18.2 Å². The van der Waals surface area contributed by atoms with Crippen LogP contribution in [0, 0.1) is 0 Å². The van der Waals surface area contributed by atoms with E-state index >= 15 is 0 Å². The van der Waals surface area contributed by atoms with Crippen LogP contribution in [0.5, 0.6) is 0 Å². The minimum Gasteiger partial charge on any atom is -0.481 e. The molecule has 1 N–H and O–H groups in total. The average Bonchev–Trinajstić information content (AvgIpc) is 2.56. The summed E-state index contributed by atoms with van der Waals surface area (Å²) in [6, 6.07) is 0. The molecule has 0 atom stereocenters. The molecule has 0 unspecified atom stereocenters. The van der Waals surface area contributed by atoms with E-state index in [0.29, 0.717) is 6.42 Å². The van der Waals surface area contributed by atoms with Gasteiger partial charge in [-0.2, -0.15) is 0 Å². The van der Waals surface area contributed by atoms with Gasteiger partial charge in [0.1, 0.15) is 0 Å². The Morgan fingerprint density at radius 2 is 1.17 bits per heavy atom. The first-order valence-corrected chi connectivity index (χ1v) is 8.90. The number of carboxylic acid groups (broad SMARTS) is 1. The Kier molecular flexibility index (Phi) is 17.3. The van der Waals surface area contributed by atoms with E-state index in [9.17, 15) is 4.79 Å². The highest BCUT2D eigenvalue weighted by Crippen LogP contribution is 1.98. The molecule has 0 fully saturated rings. The third-order valence-electron chi connectivity index (χ3n) is 3.13. The van der Waals surface area contributed by atoms with Crippen LogP contribution in [-0.2, 0) is 4.79 Å². The van der Waals surface area contributed by atoms with Gasteiger partial charge in [0.25, 0.3) is 0 Å². The minimum absolute atomic E-state index is 0.208. The smallest absolute Gasteiger partial charge is 0.303 e. The first-order chi connectivity index (χ1) is 11.8. The van der Waals surface area contributed by atoms with Crippen molar-refractivity contribution in [2.45, 2.75) is 58.3 Å². The molecule has 0 bridgehead atoms. The number of carboxylic acids is 1. The number of rotatable bonds is 14. The molecule has 132 valence electrons. The van der Waals surface area contributed by atoms with E-state index in [0.717, 1.165) is 38.5 Å². The zero-order chi connectivity index (χ0) is 17.7. The molecule has 0 aliphatic rings. The summed E-state index contributed by atoms with van der Waals surface area (Å²) in [6.45, 7) is 2.15. The summed E-state index contributed by atoms with van der Waals surface area (Å²) in [6.07, 6.45) is 32.5. The van der Waals surface area contributed by atoms with Gasteiger partial charge in [0, 0.05) is 6.42 Å². The Bertz CT molecular complexity index is 462. The SMILES string of the molecule is CC/C=C\C/C=C\C/C=C\CC/C=C/C=C\C/C=C\CCC(=O)O. The van der Waals surface area contributed by atoms with Gasteiger partial charge in [-0.05, 0) is 44.9 Å². The van der Waals surface area contributed by atoms with Crippen molar-refractivity contribution in [2.24, 2.45) is 0 Å². The minimum atomic E-state index is -0.743. The standard InChI is InChI=1S/C22H32O2/c1-2-3-4-5-6-7-8-9-10-11-12-13-14-15-16-17-18-19-20-21-22(23)24/h3-4,6-7,9-10,13-16,18-19H,2,5,8,11-12,17,20-21H2,1H3,(H,23,24)/b4-3-,7-6-,10-9-,14-13+,16-15-,19-18-. The highest BCUT2D eigenvalue weighted by atomic mass is 16.4. The summed E-state index contributed by atoms with van der Waals surface area (Å²) in [4.78, 5) is 10.3. The monoisotopic (exact) mass is 328 g/mol. The van der Waals surface area contributed by atoms with Crippen LogP contribution in [0.1, 0.15) is 58.3 Å². The van der Waals surface area contributed by atoms with E-state index in [1.54, 1.807) is 0 Å². The van der Waals surface area contributed by atoms with Crippen LogP contribution in [0.2, 0.25) is 0 Å². The van der Waals surface area contributed by atoms with Crippen molar-refractivity contribution < 1.29 is 9.90 Å². The molecule has 0 saturated heterocycles. The molecular formula is C22H32O2. The molecule has 24 heavy (non-hydrogen) atoms. The fraction of sp³-hybridized carbons (Fsp3) is 0.409. The van der Waals surface area contributed by atoms with Crippen molar-refractivity contribution in [2.75, 3.05) is 0 Å². The lowest BCUT2D eigenvalue weighted by Crippen LogP contribution is -1.91. The van der Waals surface area contributed by atoms with Crippen molar-refractivity contribution in [3.05, 3.63) is 72.9 Å². The fourth-order valence-electron chi connectivity index (χ4n) is 1.85. The summed E-state index contributed by atoms with van der Waals surface area (Å²) >= 11 is 0. The zero-order valence-electron chi connectivity index (χ0n) is 14.9. The van der Waals surface area contributed by atoms with E-state index in [-0.39, 0.29) is 6.42 Å². The Labute approximate surface area is 147 Å². The maximum Gasteiger partial charge on any atom is 0.303 e. The van der Waals surface area contributed by atoms with Crippen molar-refractivity contribution in [1.82, 2.24) is 0 Å². The molecule has 0 aromatic rings. The highest BCUT2D eigenvalue weighted by Gasteiger charge is 1.90. The Morgan fingerprint density at radius 1 is 0.667 bits per heavy atom. The average molecular weight is 328 g/mol. The predicted molar refractivity (Wildman–Crippen MR) is 105 cm³/mol. The lowest BCUT2D eigenvalue weighted by molar-refractivity contribution is -0.136. The van der Waals surface area contributed by atoms with Crippen LogP contribution in [0.4, 0.5) is 0 Å². The van der Waals surface area contributed by atoms with E-state index in [2.05, 4.69) is 61.6 Å². The van der Waals surface area contributed by atoms with Crippen molar-refractivity contribution in [3.63, 3.8) is 0 Å². The Morgan fingerprint density at radius 3 is 1.83 bits per heavy atom. The molecule has 0 saturated carbocycles. The van der Waals surface area contributed by atoms with E-state index < -0.39 is 5.97 Å². The van der Waals surface area contributed by atoms with Gasteiger partial charge in [-0.15, -0.1) is 0 Å². The molecule has 2 nitrogen and oxygen atoms in total. The first kappa shape index (κ1) is 21.9. The molecular weight excluding hydrogens is 296 g/mol. The summed E-state index contributed by atoms with van der Waals surface area (Å²) in [5.74, 6) is -0.743. The van der Waals surface area contributed by atoms with E-state index in [1.165, 1.54) is 0 Å². The van der Waals surface area contributed by atoms with Crippen LogP contribution in [0.25, 0.3) is 0 Å². The molecule has 0 aromatic heterocycles. The molecule has 0 radical (unpaired) electrons. The van der Waals surface area contributed by atoms with Gasteiger partial charge < -0.3 is 5.11 Å². The molecule has 2 heteroatoms. The number of allylic oxidation sites excluding steroid dienone is 12. The largest absolute Gasteiger partial charge is 0.481 e. The molecule has 0 spiro atoms. The van der Waals surface area contributed by atoms with Gasteiger partial charge in [0.05, 0.1) is 0 Å². The maximum absolute atomic E-state index is 10.3. The molecule has 0 heterocycles. The molecule has 0 rings (SSSR count). The van der Waals surface area contributed by atoms with Gasteiger partial charge >= 0.3 is 5.97 Å². The zero-order valence-corrected chi connectivity index (χ0v) is 14.9. The number of aliphatic carboxylic acids is 1. The first-order valence-electron chi connectivity index (χ1n) is 8.90. The lowest BCUT2D eigenvalue weighted by atomic mass is 10.2. The van der Waals surface area contributed by atoms with Crippen LogP contribution >= 0.6 is 0 Å². The molecule has 0 amide bonds. The van der Waals surface area contributed by atoms with Crippen LogP contribution < -0.4 is 0 Å². The number of hydrogen-bond donors (Lipinski definition) is 1. The van der Waals surface area contributed by atoms with E-state index in [4.69, 9.17) is 5.11 Å². The van der Waals surface area contributed by atoms with Gasteiger partial charge in [-0.3, -0.25) is 4.79 Å². The third-order valence-corrected chi connectivity index (χ3v) is 3.13. The predicted octanol–water partition coefficient (Wildman–Crippen LogP) is 6.55. The topological polar surface area (TPSA) is 37.3 Å². The summed E-state index contributed by atoms with van der Waals surface area (Å²) in [7, 11) is 0. The van der Waals surface area contributed by atoms with Gasteiger partial charge in [-0.1, -0.05) is 79.8 Å². The summed E-state index contributed by atoms with van der Waals surface area (Å²) < 4.78 is 0. The number of unbranched alkanes of at least 4 members (excludes halogenated alkanes) is 1. The summed E-state index contributed by atoms with van der Waals surface area (Å²) in [5, 5.41) is 8.49. The van der Waals surface area contributed by atoms with Crippen molar-refractivity contribution >= 4 is 5.97 Å². The van der Waals surface area contributed by atoms with Crippen molar-refractivity contribution in [1.29, 1.82) is 0 Å². The second kappa shape index (κ2) is 19.0. The number of carbonyl (C=O) groups is 1. The lowest BCUT2D eigenvalue weighted by Gasteiger charge is -1.87. The fourth-order valence-corrected chi connectivity index (χ4v) is 1.85. The Hall–Kier alpha value is -2.09. The highest BCUT2D eigenvalue weighted by molar-refractivity contribution is 5.66. The maximum atomic E-state index is 10.3. The normalized spacial score (nSPS) is 13.0. The second-order valence-corrected chi connectivity index (χ2v) is 5.37. The van der Waals surface area contributed by atoms with Crippen LogP contribution in [0.15, 0.2) is 72.9 Å².